The molecule has 5 nitrogen and oxygen atoms in total. The maximum Gasteiger partial charge on any atom is 0.220 e. The molecule has 0 aliphatic heterocycles. The van der Waals surface area contributed by atoms with E-state index in [9.17, 15) is 9.18 Å². The Kier molecular flexibility index (Phi) is 6.57. The number of methoxy groups -OCH3 is 1. The molecule has 144 valence electrons. The van der Waals surface area contributed by atoms with Crippen LogP contribution in [0.5, 0.6) is 17.4 Å². The van der Waals surface area contributed by atoms with Crippen LogP contribution in [-0.4, -0.2) is 18.0 Å². The molecular weight excluding hydrogens is 359 g/mol. The van der Waals surface area contributed by atoms with E-state index in [0.29, 0.717) is 31.0 Å². The first-order valence-electron chi connectivity index (χ1n) is 8.91. The number of carbonyl (C=O) groups is 1. The van der Waals surface area contributed by atoms with E-state index < -0.39 is 0 Å². The van der Waals surface area contributed by atoms with Crippen molar-refractivity contribution in [1.29, 1.82) is 0 Å². The van der Waals surface area contributed by atoms with Crippen molar-refractivity contribution in [3.63, 3.8) is 0 Å². The van der Waals surface area contributed by atoms with Crippen LogP contribution in [0.4, 0.5) is 4.39 Å². The highest BCUT2D eigenvalue weighted by atomic mass is 19.1. The summed E-state index contributed by atoms with van der Waals surface area (Å²) in [6.07, 6.45) is 2.57. The van der Waals surface area contributed by atoms with Crippen LogP contribution in [0.25, 0.3) is 0 Å². The van der Waals surface area contributed by atoms with Crippen molar-refractivity contribution in [2.75, 3.05) is 7.11 Å². The van der Waals surface area contributed by atoms with Crippen LogP contribution >= 0.6 is 0 Å². The Bertz CT molecular complexity index is 929. The lowest BCUT2D eigenvalue weighted by Gasteiger charge is -2.09. The predicted molar refractivity (Wildman–Crippen MR) is 104 cm³/mol. The van der Waals surface area contributed by atoms with Gasteiger partial charge in [-0.05, 0) is 53.9 Å². The molecule has 3 rings (SSSR count). The molecule has 0 aliphatic rings. The Labute approximate surface area is 163 Å². The molecule has 0 saturated carbocycles. The van der Waals surface area contributed by atoms with Gasteiger partial charge in [-0.15, -0.1) is 0 Å². The standard InChI is InChI=1S/C22H21FN2O3/c1-27-20-5-3-2-4-17(20)6-11-21(26)25-15-16-12-13-24-22(14-16)28-19-9-7-18(23)8-10-19/h2-5,7-10,12-14H,6,11,15H2,1H3,(H,25,26). The topological polar surface area (TPSA) is 60.5 Å². The third-order valence-corrected chi connectivity index (χ3v) is 4.14. The van der Waals surface area contributed by atoms with Gasteiger partial charge in [0.25, 0.3) is 0 Å². The van der Waals surface area contributed by atoms with E-state index in [2.05, 4.69) is 10.3 Å². The summed E-state index contributed by atoms with van der Waals surface area (Å²) in [5.74, 6) is 1.28. The number of rotatable bonds is 8. The zero-order valence-corrected chi connectivity index (χ0v) is 15.5. The first-order valence-corrected chi connectivity index (χ1v) is 8.91. The molecular formula is C22H21FN2O3. The number of hydrogen-bond acceptors (Lipinski definition) is 4. The van der Waals surface area contributed by atoms with E-state index in [1.54, 1.807) is 25.4 Å². The second-order valence-electron chi connectivity index (χ2n) is 6.15. The Morgan fingerprint density at radius 1 is 1.11 bits per heavy atom. The lowest BCUT2D eigenvalue weighted by molar-refractivity contribution is -0.121. The van der Waals surface area contributed by atoms with E-state index in [0.717, 1.165) is 16.9 Å². The molecule has 1 amide bonds. The highest BCUT2D eigenvalue weighted by Crippen LogP contribution is 2.21. The maximum absolute atomic E-state index is 13.0. The summed E-state index contributed by atoms with van der Waals surface area (Å²) < 4.78 is 23.9. The first kappa shape index (κ1) is 19.4. The molecule has 0 aliphatic carbocycles. The van der Waals surface area contributed by atoms with E-state index in [1.165, 1.54) is 24.3 Å². The second kappa shape index (κ2) is 9.50. The number of nitrogens with zero attached hydrogens (tertiary/aromatic N) is 1. The number of nitrogens with one attached hydrogen (secondary N) is 1. The van der Waals surface area contributed by atoms with Gasteiger partial charge < -0.3 is 14.8 Å². The van der Waals surface area contributed by atoms with Gasteiger partial charge in [0.1, 0.15) is 17.3 Å². The largest absolute Gasteiger partial charge is 0.496 e. The van der Waals surface area contributed by atoms with Gasteiger partial charge in [0, 0.05) is 25.2 Å². The molecule has 1 heterocycles. The summed E-state index contributed by atoms with van der Waals surface area (Å²) in [6.45, 7) is 0.368. The van der Waals surface area contributed by atoms with Crippen molar-refractivity contribution in [3.8, 4) is 17.4 Å². The van der Waals surface area contributed by atoms with Gasteiger partial charge in [0.05, 0.1) is 7.11 Å². The molecule has 1 N–H and O–H groups in total. The van der Waals surface area contributed by atoms with Gasteiger partial charge in [-0.1, -0.05) is 18.2 Å². The number of ether oxygens (including phenoxy) is 2. The van der Waals surface area contributed by atoms with Crippen LogP contribution in [0.2, 0.25) is 0 Å². The van der Waals surface area contributed by atoms with Gasteiger partial charge >= 0.3 is 0 Å². The molecule has 0 spiro atoms. The van der Waals surface area contributed by atoms with Gasteiger partial charge in [-0.2, -0.15) is 0 Å². The Balaban J connectivity index is 1.51. The van der Waals surface area contributed by atoms with E-state index in [4.69, 9.17) is 9.47 Å². The molecule has 2 aromatic carbocycles. The average molecular weight is 380 g/mol. The van der Waals surface area contributed by atoms with Gasteiger partial charge in [-0.25, -0.2) is 9.37 Å². The summed E-state index contributed by atoms with van der Waals surface area (Å²) >= 11 is 0. The highest BCUT2D eigenvalue weighted by molar-refractivity contribution is 5.76. The quantitative estimate of drug-likeness (QED) is 0.634. The van der Waals surface area contributed by atoms with Crippen LogP contribution in [0.1, 0.15) is 17.5 Å². The van der Waals surface area contributed by atoms with Crippen LogP contribution < -0.4 is 14.8 Å². The average Bonchev–Trinajstić information content (AvgIpc) is 2.73. The minimum atomic E-state index is -0.329. The summed E-state index contributed by atoms with van der Waals surface area (Å²) in [4.78, 5) is 16.3. The number of aromatic nitrogens is 1. The summed E-state index contributed by atoms with van der Waals surface area (Å²) in [7, 11) is 1.62. The minimum absolute atomic E-state index is 0.0521. The molecule has 0 fully saturated rings. The lowest BCUT2D eigenvalue weighted by atomic mass is 10.1. The molecule has 28 heavy (non-hydrogen) atoms. The fourth-order valence-corrected chi connectivity index (χ4v) is 2.69. The maximum atomic E-state index is 13.0. The summed E-state index contributed by atoms with van der Waals surface area (Å²) in [6, 6.07) is 16.9. The van der Waals surface area contributed by atoms with Crippen molar-refractivity contribution in [2.24, 2.45) is 0 Å². The summed E-state index contributed by atoms with van der Waals surface area (Å²) in [5.41, 5.74) is 1.86. The molecule has 3 aromatic rings. The number of pyridine rings is 1. The fraction of sp³-hybridized carbons (Fsp3) is 0.182. The van der Waals surface area contributed by atoms with Crippen molar-refractivity contribution in [2.45, 2.75) is 19.4 Å². The smallest absolute Gasteiger partial charge is 0.220 e. The molecule has 0 unspecified atom stereocenters. The molecule has 1 aromatic heterocycles. The van der Waals surface area contributed by atoms with Crippen molar-refractivity contribution < 1.29 is 18.7 Å². The molecule has 0 atom stereocenters. The number of aryl methyl sites for hydroxylation is 1. The van der Waals surface area contributed by atoms with Gasteiger partial charge in [-0.3, -0.25) is 4.79 Å². The third-order valence-electron chi connectivity index (χ3n) is 4.14. The highest BCUT2D eigenvalue weighted by Gasteiger charge is 2.07. The van der Waals surface area contributed by atoms with Crippen LogP contribution in [0.3, 0.4) is 0 Å². The zero-order chi connectivity index (χ0) is 19.8. The van der Waals surface area contributed by atoms with E-state index in [1.807, 2.05) is 24.3 Å². The van der Waals surface area contributed by atoms with Crippen molar-refractivity contribution >= 4 is 5.91 Å². The van der Waals surface area contributed by atoms with E-state index in [-0.39, 0.29) is 11.7 Å². The van der Waals surface area contributed by atoms with Crippen molar-refractivity contribution in [1.82, 2.24) is 10.3 Å². The first-order chi connectivity index (χ1) is 13.6. The SMILES string of the molecule is COc1ccccc1CCC(=O)NCc1ccnc(Oc2ccc(F)cc2)c1. The number of hydrogen-bond donors (Lipinski definition) is 1. The Morgan fingerprint density at radius 3 is 2.68 bits per heavy atom. The second-order valence-corrected chi connectivity index (χ2v) is 6.15. The number of carbonyl (C=O) groups excluding carboxylic acids is 1. The predicted octanol–water partition coefficient (Wildman–Crippen LogP) is 4.27. The van der Waals surface area contributed by atoms with Gasteiger partial charge in [0.15, 0.2) is 0 Å². The molecule has 6 heteroatoms. The monoisotopic (exact) mass is 380 g/mol. The minimum Gasteiger partial charge on any atom is -0.496 e. The molecule has 0 radical (unpaired) electrons. The summed E-state index contributed by atoms with van der Waals surface area (Å²) in [5, 5.41) is 2.89. The van der Waals surface area contributed by atoms with Crippen LogP contribution in [-0.2, 0) is 17.8 Å². The van der Waals surface area contributed by atoms with Crippen molar-refractivity contribution in [3.05, 3.63) is 83.8 Å². The Morgan fingerprint density at radius 2 is 1.89 bits per heavy atom. The number of halogens is 1. The van der Waals surface area contributed by atoms with Crippen LogP contribution in [0.15, 0.2) is 66.9 Å². The lowest BCUT2D eigenvalue weighted by Crippen LogP contribution is -2.23. The third kappa shape index (κ3) is 5.54. The Hall–Kier alpha value is -3.41. The fourth-order valence-electron chi connectivity index (χ4n) is 2.69. The van der Waals surface area contributed by atoms with E-state index >= 15 is 0 Å². The number of benzene rings is 2. The zero-order valence-electron chi connectivity index (χ0n) is 15.5. The number of amides is 1. The molecule has 0 bridgehead atoms. The normalized spacial score (nSPS) is 10.4. The van der Waals surface area contributed by atoms with Crippen LogP contribution in [0, 0.1) is 5.82 Å². The molecule has 0 saturated heterocycles. The van der Waals surface area contributed by atoms with Gasteiger partial charge in [0.2, 0.25) is 11.8 Å². The number of para-hydroxylation sites is 1.